The number of carbonyl (C=O) groups excluding carboxylic acids is 3. The molecule has 0 aromatic carbocycles. The number of rotatable bonds is 1. The number of cyclic esters (lactones) is 1. The average Bonchev–Trinajstić information content (AvgIpc) is 1.98. The molecule has 0 aliphatic carbocycles. The van der Waals surface area contributed by atoms with E-state index in [4.69, 9.17) is 15.1 Å². The molecule has 0 radical (unpaired) electrons. The fourth-order valence-electron chi connectivity index (χ4n) is 1.01. The number of ether oxygens (including phenoxy) is 1. The Morgan fingerprint density at radius 2 is 1.81 bits per heavy atom. The Bertz CT molecular complexity index is 331. The van der Waals surface area contributed by atoms with Crippen molar-refractivity contribution in [1.29, 1.82) is 0 Å². The summed E-state index contributed by atoms with van der Waals surface area (Å²) in [4.78, 5) is 32.8. The zero-order chi connectivity index (χ0) is 12.9. The van der Waals surface area contributed by atoms with Crippen LogP contribution in [0.25, 0.3) is 0 Å². The summed E-state index contributed by atoms with van der Waals surface area (Å²) in [5, 5.41) is 21.5. The lowest BCUT2D eigenvalue weighted by atomic mass is 9.98. The van der Waals surface area contributed by atoms with Crippen molar-refractivity contribution in [2.75, 3.05) is 0 Å². The summed E-state index contributed by atoms with van der Waals surface area (Å²) in [5.41, 5.74) is 0. The van der Waals surface area contributed by atoms with Gasteiger partial charge in [-0.25, -0.2) is 0 Å². The van der Waals surface area contributed by atoms with E-state index in [2.05, 4.69) is 4.74 Å². The molecule has 1 heterocycles. The number of Topliss-reactive ketones (excluding diaryl/α,β-unsaturated/α-hetero) is 1. The molecule has 16 heavy (non-hydrogen) atoms. The third-order valence-electron chi connectivity index (χ3n) is 1.53. The van der Waals surface area contributed by atoms with Crippen LogP contribution >= 0.6 is 0 Å². The van der Waals surface area contributed by atoms with E-state index < -0.39 is 30.8 Å². The highest BCUT2D eigenvalue weighted by molar-refractivity contribution is 6.30. The predicted molar refractivity (Wildman–Crippen MR) is 51.4 cm³/mol. The van der Waals surface area contributed by atoms with Crippen LogP contribution in [-0.4, -0.2) is 39.9 Å². The molecule has 7 nitrogen and oxygen atoms in total. The van der Waals surface area contributed by atoms with Gasteiger partial charge in [0.25, 0.3) is 0 Å². The summed E-state index contributed by atoms with van der Waals surface area (Å²) < 4.78 is 4.61. The van der Waals surface area contributed by atoms with E-state index >= 15 is 0 Å². The largest absolute Gasteiger partial charge is 0.631 e. The minimum Gasteiger partial charge on any atom is -0.430 e. The highest BCUT2D eigenvalue weighted by atomic mass is 16.5. The van der Waals surface area contributed by atoms with E-state index in [-0.39, 0.29) is 5.76 Å². The van der Waals surface area contributed by atoms with Gasteiger partial charge < -0.3 is 19.8 Å². The van der Waals surface area contributed by atoms with E-state index in [1.165, 1.54) is 13.8 Å². The van der Waals surface area contributed by atoms with E-state index in [0.717, 1.165) is 6.08 Å². The van der Waals surface area contributed by atoms with Crippen LogP contribution in [0.3, 0.4) is 0 Å². The highest BCUT2D eigenvalue weighted by Crippen LogP contribution is 2.14. The molecule has 0 bridgehead atoms. The second-order valence-electron chi connectivity index (χ2n) is 2.97. The Labute approximate surface area is 91.5 Å². The smallest absolute Gasteiger partial charge is 0.430 e. The highest BCUT2D eigenvalue weighted by Gasteiger charge is 2.34. The number of carbonyl (C=O) groups is 3. The Hall–Kier alpha value is -1.51. The summed E-state index contributed by atoms with van der Waals surface area (Å²) in [6.07, 6.45) is 1.16. The lowest BCUT2D eigenvalue weighted by molar-refractivity contribution is -0.152. The Morgan fingerprint density at radius 3 is 2.12 bits per heavy atom. The molecule has 1 atom stereocenters. The van der Waals surface area contributed by atoms with Crippen molar-refractivity contribution in [3.05, 3.63) is 11.8 Å². The minimum absolute atomic E-state index is 0.238. The maximum atomic E-state index is 11.1. The van der Waals surface area contributed by atoms with Gasteiger partial charge in [-0.05, 0) is 13.8 Å². The molecular weight excluding hydrogens is 219 g/mol. The predicted octanol–water partition coefficient (Wildman–Crippen LogP) is -1.83. The van der Waals surface area contributed by atoms with Gasteiger partial charge in [0.05, 0.1) is 0 Å². The second-order valence-corrected chi connectivity index (χ2v) is 2.97. The van der Waals surface area contributed by atoms with E-state index in [1.807, 2.05) is 0 Å². The van der Waals surface area contributed by atoms with Crippen molar-refractivity contribution < 1.29 is 34.2 Å². The molecule has 0 aromatic heterocycles. The van der Waals surface area contributed by atoms with Crippen molar-refractivity contribution in [3.63, 3.8) is 0 Å². The molecule has 0 saturated carbocycles. The quantitative estimate of drug-likeness (QED) is 0.275. The monoisotopic (exact) mass is 230 g/mol. The molecule has 88 valence electrons. The lowest BCUT2D eigenvalue weighted by Crippen LogP contribution is -2.33. The van der Waals surface area contributed by atoms with E-state index in [1.54, 1.807) is 0 Å². The van der Waals surface area contributed by atoms with Crippen LogP contribution in [0.4, 0.5) is 0 Å². The van der Waals surface area contributed by atoms with Gasteiger partial charge in [0.2, 0.25) is 0 Å². The zero-order valence-corrected chi connectivity index (χ0v) is 8.71. The van der Waals surface area contributed by atoms with Gasteiger partial charge in [0, 0.05) is 6.08 Å². The molecule has 8 heteroatoms. The number of ketones is 2. The molecule has 0 fully saturated rings. The first-order valence-corrected chi connectivity index (χ1v) is 4.24. The van der Waals surface area contributed by atoms with Crippen molar-refractivity contribution in [2.24, 2.45) is 5.92 Å². The van der Waals surface area contributed by atoms with Crippen molar-refractivity contribution in [1.82, 2.24) is 0 Å². The number of hydrogen-bond acceptors (Lipinski definition) is 7. The molecule has 1 rings (SSSR count). The summed E-state index contributed by atoms with van der Waals surface area (Å²) in [7, 11) is -2.17. The van der Waals surface area contributed by atoms with Crippen LogP contribution in [0, 0.1) is 5.92 Å². The van der Waals surface area contributed by atoms with Crippen molar-refractivity contribution in [3.8, 4) is 0 Å². The zero-order valence-electron chi connectivity index (χ0n) is 8.71. The molecule has 3 N–H and O–H groups in total. The van der Waals surface area contributed by atoms with Crippen molar-refractivity contribution >= 4 is 24.9 Å². The third-order valence-corrected chi connectivity index (χ3v) is 1.53. The van der Waals surface area contributed by atoms with Gasteiger partial charge in [0.1, 0.15) is 5.76 Å². The molecule has 1 unspecified atom stereocenters. The van der Waals surface area contributed by atoms with Crippen LogP contribution in [0.2, 0.25) is 0 Å². The molecule has 1 aliphatic heterocycles. The van der Waals surface area contributed by atoms with Gasteiger partial charge in [-0.15, -0.1) is 0 Å². The Morgan fingerprint density at radius 1 is 1.38 bits per heavy atom. The first-order chi connectivity index (χ1) is 7.25. The number of hydrogen-bond donors (Lipinski definition) is 3. The fourth-order valence-corrected chi connectivity index (χ4v) is 1.01. The minimum atomic E-state index is -2.17. The summed E-state index contributed by atoms with van der Waals surface area (Å²) in [5.74, 6) is -2.74. The molecule has 0 amide bonds. The lowest BCUT2D eigenvalue weighted by Gasteiger charge is -2.15. The SMILES string of the molecule is CC(=O)C1C(=O)C=C(C)OC1=O.OB(O)O. The Kier molecular flexibility index (Phi) is 5.58. The topological polar surface area (TPSA) is 121 Å². The maximum absolute atomic E-state index is 11.1. The van der Waals surface area contributed by atoms with Gasteiger partial charge in [-0.2, -0.15) is 0 Å². The summed E-state index contributed by atoms with van der Waals surface area (Å²) in [6.45, 7) is 2.68. The van der Waals surface area contributed by atoms with Crippen LogP contribution in [0.15, 0.2) is 11.8 Å². The first-order valence-electron chi connectivity index (χ1n) is 4.24. The molecule has 1 aliphatic rings. The molecule has 0 aromatic rings. The van der Waals surface area contributed by atoms with Crippen LogP contribution in [0.1, 0.15) is 13.8 Å². The first kappa shape index (κ1) is 14.5. The van der Waals surface area contributed by atoms with Crippen LogP contribution < -0.4 is 0 Å². The average molecular weight is 230 g/mol. The standard InChI is InChI=1S/C8H8O4.BH3O3/c1-4-3-6(10)7(5(2)9)8(11)12-4;2-1(3)4/h3,7H,1-2H3;2-4H. The van der Waals surface area contributed by atoms with Gasteiger partial charge in [-0.3, -0.25) is 14.4 Å². The second kappa shape index (κ2) is 6.16. The maximum Gasteiger partial charge on any atom is 0.631 e. The van der Waals surface area contributed by atoms with Gasteiger partial charge >= 0.3 is 13.3 Å². The summed E-state index contributed by atoms with van der Waals surface area (Å²) in [6, 6.07) is 0. The van der Waals surface area contributed by atoms with E-state index in [9.17, 15) is 14.4 Å². The molecule has 0 spiro atoms. The van der Waals surface area contributed by atoms with E-state index in [0.29, 0.717) is 0 Å². The third kappa shape index (κ3) is 4.83. The van der Waals surface area contributed by atoms with Gasteiger partial charge in [0.15, 0.2) is 17.5 Å². The summed E-state index contributed by atoms with van der Waals surface area (Å²) >= 11 is 0. The van der Waals surface area contributed by atoms with Crippen molar-refractivity contribution in [2.45, 2.75) is 13.8 Å². The van der Waals surface area contributed by atoms with Crippen LogP contribution in [-0.2, 0) is 19.1 Å². The fraction of sp³-hybridized carbons (Fsp3) is 0.375. The molecule has 0 saturated heterocycles. The Balaban J connectivity index is 0.000000487. The number of esters is 1. The number of allylic oxidation sites excluding steroid dienone is 2. The molecular formula is C8H11BO7. The van der Waals surface area contributed by atoms with Crippen LogP contribution in [0.5, 0.6) is 0 Å². The normalized spacial score (nSPS) is 19.1. The van der Waals surface area contributed by atoms with Gasteiger partial charge in [-0.1, -0.05) is 0 Å².